The molecule has 0 fully saturated rings. The fraction of sp³-hybridized carbons (Fsp3) is 0.130. The number of hydrogen-bond donors (Lipinski definition) is 0. The number of carbonyl (C=O) groups excluding carboxylic acids is 3. The number of carbonyl (C=O) groups is 3. The van der Waals surface area contributed by atoms with Gasteiger partial charge in [0.1, 0.15) is 18.1 Å². The highest BCUT2D eigenvalue weighted by atomic mass is 32.1. The molecule has 1 aliphatic heterocycles. The Labute approximate surface area is 186 Å². The van der Waals surface area contributed by atoms with Crippen LogP contribution in [0.2, 0.25) is 0 Å². The second-order valence-electron chi connectivity index (χ2n) is 7.13. The first kappa shape index (κ1) is 20.0. The number of thiazole rings is 1. The lowest BCUT2D eigenvalue weighted by Crippen LogP contribution is -2.42. The number of methoxy groups -OCH3 is 1. The number of rotatable bonds is 6. The van der Waals surface area contributed by atoms with Gasteiger partial charge in [-0.15, -0.1) is 0 Å². The van der Waals surface area contributed by atoms with Crippen molar-refractivity contribution in [3.8, 4) is 5.75 Å². The van der Waals surface area contributed by atoms with E-state index in [0.717, 1.165) is 9.60 Å². The van der Waals surface area contributed by atoms with Crippen LogP contribution >= 0.6 is 11.3 Å². The van der Waals surface area contributed by atoms with Gasteiger partial charge in [-0.1, -0.05) is 23.5 Å². The first-order valence-electron chi connectivity index (χ1n) is 9.77. The second-order valence-corrected chi connectivity index (χ2v) is 8.14. The van der Waals surface area contributed by atoms with Crippen molar-refractivity contribution in [2.24, 2.45) is 0 Å². The van der Waals surface area contributed by atoms with Crippen LogP contribution in [0.3, 0.4) is 0 Å². The molecule has 0 atom stereocenters. The average molecular weight is 447 g/mol. The zero-order valence-electron chi connectivity index (χ0n) is 17.0. The molecule has 5 rings (SSSR count). The van der Waals surface area contributed by atoms with E-state index < -0.39 is 24.3 Å². The minimum absolute atomic E-state index is 0.117. The molecule has 160 valence electrons. The molecule has 3 heterocycles. The van der Waals surface area contributed by atoms with Gasteiger partial charge in [-0.05, 0) is 36.4 Å². The highest BCUT2D eigenvalue weighted by molar-refractivity contribution is 7.22. The number of fused-ring (bicyclic) bond motifs is 2. The smallest absolute Gasteiger partial charge is 0.262 e. The molecule has 0 saturated carbocycles. The Morgan fingerprint density at radius 2 is 1.84 bits per heavy atom. The largest absolute Gasteiger partial charge is 0.497 e. The minimum Gasteiger partial charge on any atom is -0.497 e. The molecule has 0 unspecified atom stereocenters. The fourth-order valence-electron chi connectivity index (χ4n) is 3.56. The third-order valence-electron chi connectivity index (χ3n) is 5.18. The minimum atomic E-state index is -0.481. The number of imide groups is 1. The van der Waals surface area contributed by atoms with E-state index in [0.29, 0.717) is 33.3 Å². The molecule has 0 saturated heterocycles. The molecular weight excluding hydrogens is 430 g/mol. The summed E-state index contributed by atoms with van der Waals surface area (Å²) in [6.07, 6.45) is 1.52. The predicted molar refractivity (Wildman–Crippen MR) is 118 cm³/mol. The lowest BCUT2D eigenvalue weighted by Gasteiger charge is -2.21. The third kappa shape index (κ3) is 3.42. The van der Waals surface area contributed by atoms with Gasteiger partial charge in [-0.25, -0.2) is 4.98 Å². The van der Waals surface area contributed by atoms with Crippen LogP contribution in [0.15, 0.2) is 65.3 Å². The lowest BCUT2D eigenvalue weighted by molar-refractivity contribution is -0.119. The van der Waals surface area contributed by atoms with Crippen molar-refractivity contribution in [2.75, 3.05) is 18.6 Å². The number of amides is 3. The van der Waals surface area contributed by atoms with E-state index in [-0.39, 0.29) is 6.54 Å². The first-order chi connectivity index (χ1) is 15.5. The Balaban J connectivity index is 1.47. The molecule has 0 N–H and O–H groups in total. The van der Waals surface area contributed by atoms with Crippen molar-refractivity contribution >= 4 is 44.4 Å². The maximum absolute atomic E-state index is 13.3. The molecule has 0 spiro atoms. The molecule has 2 aromatic carbocycles. The van der Waals surface area contributed by atoms with E-state index in [9.17, 15) is 14.4 Å². The van der Waals surface area contributed by atoms with Crippen molar-refractivity contribution in [1.29, 1.82) is 0 Å². The molecule has 0 radical (unpaired) electrons. The number of ether oxygens (including phenoxy) is 1. The van der Waals surface area contributed by atoms with Crippen LogP contribution in [0.4, 0.5) is 5.13 Å². The average Bonchev–Trinajstić information content (AvgIpc) is 3.53. The van der Waals surface area contributed by atoms with Gasteiger partial charge in [0.25, 0.3) is 11.8 Å². The Morgan fingerprint density at radius 3 is 2.50 bits per heavy atom. The third-order valence-corrected chi connectivity index (χ3v) is 6.24. The van der Waals surface area contributed by atoms with Gasteiger partial charge in [0.2, 0.25) is 5.91 Å². The summed E-state index contributed by atoms with van der Waals surface area (Å²) in [5.41, 5.74) is 1.28. The second kappa shape index (κ2) is 7.93. The van der Waals surface area contributed by atoms with Crippen LogP contribution in [0.1, 0.15) is 26.5 Å². The predicted octanol–water partition coefficient (Wildman–Crippen LogP) is 3.73. The molecule has 8 nitrogen and oxygen atoms in total. The van der Waals surface area contributed by atoms with Crippen LogP contribution in [0, 0.1) is 0 Å². The van der Waals surface area contributed by atoms with Gasteiger partial charge >= 0.3 is 0 Å². The summed E-state index contributed by atoms with van der Waals surface area (Å²) in [5, 5.41) is 0.436. The fourth-order valence-corrected chi connectivity index (χ4v) is 4.52. The SMILES string of the molecule is COc1ccc2sc(N(Cc3ccco3)C(=O)CN3C(=O)c4ccccc4C3=O)nc2c1. The molecule has 2 aromatic heterocycles. The molecule has 0 bridgehead atoms. The van der Waals surface area contributed by atoms with Crippen LogP contribution in [0.25, 0.3) is 10.2 Å². The summed E-state index contributed by atoms with van der Waals surface area (Å²) in [7, 11) is 1.57. The summed E-state index contributed by atoms with van der Waals surface area (Å²) < 4.78 is 11.6. The van der Waals surface area contributed by atoms with E-state index in [2.05, 4.69) is 4.98 Å². The molecule has 3 amide bonds. The van der Waals surface area contributed by atoms with Crippen molar-refractivity contribution in [1.82, 2.24) is 9.88 Å². The van der Waals surface area contributed by atoms with Crippen molar-refractivity contribution < 1.29 is 23.5 Å². The number of anilines is 1. The van der Waals surface area contributed by atoms with Crippen LogP contribution < -0.4 is 9.64 Å². The van der Waals surface area contributed by atoms with Crippen LogP contribution in [-0.4, -0.2) is 41.3 Å². The standard InChI is InChI=1S/C23H17N3O5S/c1-30-14-8-9-19-18(11-14)24-23(32-19)25(12-15-5-4-10-31-15)20(27)13-26-21(28)16-6-2-3-7-17(16)22(26)29/h2-11H,12-13H2,1H3. The van der Waals surface area contributed by atoms with E-state index in [4.69, 9.17) is 9.15 Å². The molecule has 32 heavy (non-hydrogen) atoms. The van der Waals surface area contributed by atoms with E-state index >= 15 is 0 Å². The van der Waals surface area contributed by atoms with Gasteiger partial charge in [0.05, 0.1) is 41.3 Å². The number of aromatic nitrogens is 1. The van der Waals surface area contributed by atoms with E-state index in [1.54, 1.807) is 49.6 Å². The van der Waals surface area contributed by atoms with Gasteiger partial charge in [-0.3, -0.25) is 24.2 Å². The van der Waals surface area contributed by atoms with Crippen molar-refractivity contribution in [2.45, 2.75) is 6.54 Å². The maximum atomic E-state index is 13.3. The van der Waals surface area contributed by atoms with Crippen molar-refractivity contribution in [3.05, 3.63) is 77.7 Å². The summed E-state index contributed by atoms with van der Waals surface area (Å²) in [4.78, 5) is 45.8. The van der Waals surface area contributed by atoms with E-state index in [1.807, 2.05) is 12.1 Å². The molecular formula is C23H17N3O5S. The Bertz CT molecular complexity index is 1310. The number of benzene rings is 2. The zero-order valence-corrected chi connectivity index (χ0v) is 17.8. The highest BCUT2D eigenvalue weighted by Crippen LogP contribution is 2.32. The lowest BCUT2D eigenvalue weighted by atomic mass is 10.1. The maximum Gasteiger partial charge on any atom is 0.262 e. The summed E-state index contributed by atoms with van der Waals surface area (Å²) in [6, 6.07) is 15.5. The quantitative estimate of drug-likeness (QED) is 0.418. The first-order valence-corrected chi connectivity index (χ1v) is 10.6. The summed E-state index contributed by atoms with van der Waals surface area (Å²) in [5.74, 6) is -0.194. The normalized spacial score (nSPS) is 13.0. The monoisotopic (exact) mass is 447 g/mol. The van der Waals surface area contributed by atoms with Crippen LogP contribution in [0.5, 0.6) is 5.75 Å². The molecule has 0 aliphatic carbocycles. The van der Waals surface area contributed by atoms with Crippen molar-refractivity contribution in [3.63, 3.8) is 0 Å². The Hall–Kier alpha value is -3.98. The number of hydrogen-bond acceptors (Lipinski definition) is 7. The van der Waals surface area contributed by atoms with Gasteiger partial charge in [-0.2, -0.15) is 0 Å². The molecule has 4 aromatic rings. The number of furan rings is 1. The van der Waals surface area contributed by atoms with E-state index in [1.165, 1.54) is 22.5 Å². The number of nitrogens with zero attached hydrogens (tertiary/aromatic N) is 3. The molecule has 1 aliphatic rings. The summed E-state index contributed by atoms with van der Waals surface area (Å²) >= 11 is 1.33. The highest BCUT2D eigenvalue weighted by Gasteiger charge is 2.37. The Kier molecular flexibility index (Phi) is 4.95. The zero-order chi connectivity index (χ0) is 22.2. The molecule has 9 heteroatoms. The van der Waals surface area contributed by atoms with Gasteiger partial charge < -0.3 is 9.15 Å². The van der Waals surface area contributed by atoms with Gasteiger partial charge in [0.15, 0.2) is 5.13 Å². The topological polar surface area (TPSA) is 93.0 Å². The summed E-state index contributed by atoms with van der Waals surface area (Å²) in [6.45, 7) is -0.280. The van der Waals surface area contributed by atoms with Crippen LogP contribution in [-0.2, 0) is 11.3 Å². The van der Waals surface area contributed by atoms with Gasteiger partial charge in [0, 0.05) is 6.07 Å². The Morgan fingerprint density at radius 1 is 1.09 bits per heavy atom.